The molecule has 152 valence electrons. The number of hydrogen-bond acceptors (Lipinski definition) is 5. The lowest BCUT2D eigenvalue weighted by atomic mass is 9.97. The van der Waals surface area contributed by atoms with E-state index in [9.17, 15) is 23.5 Å². The van der Waals surface area contributed by atoms with Crippen molar-refractivity contribution in [3.63, 3.8) is 0 Å². The summed E-state index contributed by atoms with van der Waals surface area (Å²) in [6, 6.07) is 5.10. The molecule has 0 heterocycles. The van der Waals surface area contributed by atoms with E-state index in [-0.39, 0.29) is 6.42 Å². The number of benzene rings is 1. The molecule has 9 heteroatoms. The number of ether oxygens (including phenoxy) is 1. The quantitative estimate of drug-likeness (QED) is 0.572. The highest BCUT2D eigenvalue weighted by molar-refractivity contribution is 5.84. The zero-order chi connectivity index (χ0) is 20.8. The van der Waals surface area contributed by atoms with Gasteiger partial charge in [0, 0.05) is 12.6 Å². The summed E-state index contributed by atoms with van der Waals surface area (Å²) in [7, 11) is 0. The molecule has 0 aliphatic heterocycles. The number of amides is 2. The van der Waals surface area contributed by atoms with Crippen LogP contribution in [0.15, 0.2) is 24.3 Å². The van der Waals surface area contributed by atoms with Crippen LogP contribution < -0.4 is 16.4 Å². The maximum Gasteiger partial charge on any atom is 0.412 e. The second kappa shape index (κ2) is 9.09. The lowest BCUT2D eigenvalue weighted by Gasteiger charge is -2.29. The average molecular weight is 387 g/mol. The summed E-state index contributed by atoms with van der Waals surface area (Å²) in [4.78, 5) is 23.0. The number of carbonyl (C=O) groups is 2. The van der Waals surface area contributed by atoms with Gasteiger partial charge >= 0.3 is 6.09 Å². The van der Waals surface area contributed by atoms with Gasteiger partial charge in [-0.3, -0.25) is 10.1 Å². The fourth-order valence-electron chi connectivity index (χ4n) is 2.32. The van der Waals surface area contributed by atoms with Gasteiger partial charge in [0.05, 0.1) is 12.6 Å². The number of rotatable bonds is 7. The molecule has 0 radical (unpaired) electrons. The third-order valence-corrected chi connectivity index (χ3v) is 3.53. The molecule has 2 unspecified atom stereocenters. The third kappa shape index (κ3) is 7.88. The first-order chi connectivity index (χ1) is 12.3. The van der Waals surface area contributed by atoms with Crippen LogP contribution in [0, 0.1) is 0 Å². The van der Waals surface area contributed by atoms with Crippen LogP contribution >= 0.6 is 0 Å². The number of aliphatic hydroxyl groups excluding tert-OH is 1. The lowest BCUT2D eigenvalue weighted by Crippen LogP contribution is -2.54. The summed E-state index contributed by atoms with van der Waals surface area (Å²) in [5.41, 5.74) is 5.40. The highest BCUT2D eigenvalue weighted by Crippen LogP contribution is 2.22. The number of alkyl halides is 2. The largest absolute Gasteiger partial charge is 0.444 e. The number of anilines is 1. The van der Waals surface area contributed by atoms with Crippen LogP contribution in [0.3, 0.4) is 0 Å². The minimum atomic E-state index is -3.54. The van der Waals surface area contributed by atoms with Crippen LogP contribution in [-0.2, 0) is 16.0 Å². The van der Waals surface area contributed by atoms with Crippen molar-refractivity contribution < 1.29 is 28.2 Å². The van der Waals surface area contributed by atoms with Crippen molar-refractivity contribution in [2.24, 2.45) is 5.73 Å². The Morgan fingerprint density at radius 2 is 1.78 bits per heavy atom. The summed E-state index contributed by atoms with van der Waals surface area (Å²) >= 11 is 0. The van der Waals surface area contributed by atoms with E-state index in [1.807, 2.05) is 0 Å². The smallest absolute Gasteiger partial charge is 0.412 e. The van der Waals surface area contributed by atoms with Crippen LogP contribution in [0.5, 0.6) is 0 Å². The van der Waals surface area contributed by atoms with Gasteiger partial charge < -0.3 is 20.9 Å². The van der Waals surface area contributed by atoms with Crippen LogP contribution in [0.25, 0.3) is 0 Å². The molecule has 0 aliphatic rings. The Morgan fingerprint density at radius 3 is 2.22 bits per heavy atom. The standard InChI is InChI=1S/C18H27F2N3O4/c1-11(24)22-14(15(25)18(19,20)10-21)9-12-5-7-13(8-6-12)23-16(26)27-17(2,3)4/h5-8,14-15,25H,9-10,21H2,1-4H3,(H,22,24)(H,23,26). The molecule has 2 atom stereocenters. The zero-order valence-electron chi connectivity index (χ0n) is 15.9. The first-order valence-electron chi connectivity index (χ1n) is 8.46. The summed E-state index contributed by atoms with van der Waals surface area (Å²) in [5, 5.41) is 14.8. The minimum Gasteiger partial charge on any atom is -0.444 e. The Hall–Kier alpha value is -2.26. The molecule has 27 heavy (non-hydrogen) atoms. The van der Waals surface area contributed by atoms with Crippen molar-refractivity contribution in [1.82, 2.24) is 5.32 Å². The van der Waals surface area contributed by atoms with E-state index in [1.54, 1.807) is 45.0 Å². The van der Waals surface area contributed by atoms with Crippen molar-refractivity contribution >= 4 is 17.7 Å². The highest BCUT2D eigenvalue weighted by atomic mass is 19.3. The summed E-state index contributed by atoms with van der Waals surface area (Å²) in [6.07, 6.45) is -2.79. The van der Waals surface area contributed by atoms with Crippen molar-refractivity contribution in [2.45, 2.75) is 57.8 Å². The average Bonchev–Trinajstić information content (AvgIpc) is 2.53. The topological polar surface area (TPSA) is 114 Å². The van der Waals surface area contributed by atoms with E-state index in [0.717, 1.165) is 0 Å². The summed E-state index contributed by atoms with van der Waals surface area (Å²) in [6.45, 7) is 5.35. The summed E-state index contributed by atoms with van der Waals surface area (Å²) in [5.74, 6) is -4.08. The monoisotopic (exact) mass is 387 g/mol. The van der Waals surface area contributed by atoms with Gasteiger partial charge in [-0.25, -0.2) is 13.6 Å². The molecule has 5 N–H and O–H groups in total. The van der Waals surface area contributed by atoms with Gasteiger partial charge in [0.25, 0.3) is 5.92 Å². The SMILES string of the molecule is CC(=O)NC(Cc1ccc(NC(=O)OC(C)(C)C)cc1)C(O)C(F)(F)CN. The Morgan fingerprint density at radius 1 is 1.22 bits per heavy atom. The van der Waals surface area contributed by atoms with Crippen LogP contribution in [0.4, 0.5) is 19.3 Å². The van der Waals surface area contributed by atoms with Crippen molar-refractivity contribution in [1.29, 1.82) is 0 Å². The molecule has 1 aromatic carbocycles. The Bertz CT molecular complexity index is 645. The summed E-state index contributed by atoms with van der Waals surface area (Å²) < 4.78 is 32.5. The maximum atomic E-state index is 13.7. The first-order valence-corrected chi connectivity index (χ1v) is 8.46. The number of nitrogens with two attached hydrogens (primary N) is 1. The van der Waals surface area contributed by atoms with Crippen LogP contribution in [-0.4, -0.2) is 47.3 Å². The van der Waals surface area contributed by atoms with Crippen LogP contribution in [0.2, 0.25) is 0 Å². The minimum absolute atomic E-state index is 0.0386. The molecule has 0 aromatic heterocycles. The molecule has 0 fully saturated rings. The van der Waals surface area contributed by atoms with Gasteiger partial charge in [-0.15, -0.1) is 0 Å². The molecule has 1 rings (SSSR count). The Balaban J connectivity index is 2.83. The molecule has 0 saturated heterocycles. The van der Waals surface area contributed by atoms with Crippen LogP contribution in [0.1, 0.15) is 33.3 Å². The van der Waals surface area contributed by atoms with Gasteiger partial charge in [0.2, 0.25) is 5.91 Å². The Labute approximate surface area is 157 Å². The van der Waals surface area contributed by atoms with Gasteiger partial charge in [0.15, 0.2) is 0 Å². The van der Waals surface area contributed by atoms with E-state index in [1.165, 1.54) is 6.92 Å². The molecule has 0 saturated carbocycles. The van der Waals surface area contributed by atoms with Gasteiger partial charge in [-0.2, -0.15) is 0 Å². The van der Waals surface area contributed by atoms with Gasteiger partial charge in [-0.05, 0) is 44.9 Å². The van der Waals surface area contributed by atoms with E-state index in [2.05, 4.69) is 10.6 Å². The molecular weight excluding hydrogens is 360 g/mol. The predicted octanol–water partition coefficient (Wildman–Crippen LogP) is 2.04. The Kier molecular flexibility index (Phi) is 7.67. The number of hydrogen-bond donors (Lipinski definition) is 4. The molecule has 0 bridgehead atoms. The maximum absolute atomic E-state index is 13.7. The third-order valence-electron chi connectivity index (χ3n) is 3.53. The second-order valence-electron chi connectivity index (χ2n) is 7.24. The zero-order valence-corrected chi connectivity index (χ0v) is 15.9. The van der Waals surface area contributed by atoms with E-state index in [4.69, 9.17) is 10.5 Å². The van der Waals surface area contributed by atoms with E-state index in [0.29, 0.717) is 11.3 Å². The van der Waals surface area contributed by atoms with Gasteiger partial charge in [0.1, 0.15) is 11.7 Å². The lowest BCUT2D eigenvalue weighted by molar-refractivity contribution is -0.129. The van der Waals surface area contributed by atoms with E-state index < -0.39 is 42.2 Å². The van der Waals surface area contributed by atoms with Crippen molar-refractivity contribution in [3.05, 3.63) is 29.8 Å². The molecule has 0 spiro atoms. The molecule has 2 amide bonds. The molecular formula is C18H27F2N3O4. The van der Waals surface area contributed by atoms with Gasteiger partial charge in [-0.1, -0.05) is 12.1 Å². The van der Waals surface area contributed by atoms with Crippen molar-refractivity contribution in [2.75, 3.05) is 11.9 Å². The fraction of sp³-hybridized carbons (Fsp3) is 0.556. The second-order valence-corrected chi connectivity index (χ2v) is 7.24. The predicted molar refractivity (Wildman–Crippen MR) is 97.6 cm³/mol. The van der Waals surface area contributed by atoms with E-state index >= 15 is 0 Å². The molecule has 0 aliphatic carbocycles. The van der Waals surface area contributed by atoms with Crippen molar-refractivity contribution in [3.8, 4) is 0 Å². The number of aliphatic hydroxyl groups is 1. The molecule has 7 nitrogen and oxygen atoms in total. The number of nitrogens with one attached hydrogen (secondary N) is 2. The first kappa shape index (κ1) is 22.8. The number of carbonyl (C=O) groups excluding carboxylic acids is 2. The highest BCUT2D eigenvalue weighted by Gasteiger charge is 2.42. The molecule has 1 aromatic rings. The fourth-order valence-corrected chi connectivity index (χ4v) is 2.32. The number of halogens is 2. The normalized spacial score (nSPS) is 14.2.